The van der Waals surface area contributed by atoms with Crippen LogP contribution in [-0.2, 0) is 4.79 Å². The van der Waals surface area contributed by atoms with Crippen LogP contribution in [-0.4, -0.2) is 28.1 Å². The van der Waals surface area contributed by atoms with Crippen LogP contribution in [0.3, 0.4) is 0 Å². The highest BCUT2D eigenvalue weighted by atomic mass is 16.2. The molecule has 6 heteroatoms. The highest BCUT2D eigenvalue weighted by Crippen LogP contribution is 2.24. The van der Waals surface area contributed by atoms with Crippen LogP contribution in [0.15, 0.2) is 79.0 Å². The minimum Gasteiger partial charge on any atom is -0.343 e. The van der Waals surface area contributed by atoms with Gasteiger partial charge in [0.15, 0.2) is 0 Å². The molecule has 33 heavy (non-hydrogen) atoms. The summed E-state index contributed by atoms with van der Waals surface area (Å²) in [4.78, 5) is 25.6. The van der Waals surface area contributed by atoms with Crippen molar-refractivity contribution in [3.63, 3.8) is 0 Å². The Hall–Kier alpha value is -4.19. The fraction of sp³-hybridized carbons (Fsp3) is 0.148. The van der Waals surface area contributed by atoms with Crippen LogP contribution in [0.5, 0.6) is 0 Å². The number of anilines is 1. The lowest BCUT2D eigenvalue weighted by Crippen LogP contribution is -2.33. The number of carbonyl (C=O) groups is 2. The molecule has 0 aliphatic heterocycles. The fourth-order valence-corrected chi connectivity index (χ4v) is 3.63. The largest absolute Gasteiger partial charge is 0.343 e. The maximum atomic E-state index is 13.1. The number of aromatic nitrogens is 2. The Kier molecular flexibility index (Phi) is 6.36. The normalized spacial score (nSPS) is 10.6. The van der Waals surface area contributed by atoms with Gasteiger partial charge in [0, 0.05) is 17.4 Å². The molecular formula is C27H26N4O2. The van der Waals surface area contributed by atoms with E-state index in [1.807, 2.05) is 93.6 Å². The van der Waals surface area contributed by atoms with Crippen molar-refractivity contribution >= 4 is 17.5 Å². The third-order valence-electron chi connectivity index (χ3n) is 5.46. The van der Waals surface area contributed by atoms with E-state index in [4.69, 9.17) is 0 Å². The van der Waals surface area contributed by atoms with Gasteiger partial charge in [0.05, 0.1) is 17.8 Å². The number of hydrogen-bond acceptors (Lipinski definition) is 3. The van der Waals surface area contributed by atoms with Crippen LogP contribution < -0.4 is 10.6 Å². The molecule has 2 N–H and O–H groups in total. The molecular weight excluding hydrogens is 412 g/mol. The van der Waals surface area contributed by atoms with E-state index in [1.54, 1.807) is 10.9 Å². The van der Waals surface area contributed by atoms with Crippen LogP contribution in [0.4, 0.5) is 5.69 Å². The van der Waals surface area contributed by atoms with Crippen LogP contribution in [0.25, 0.3) is 16.9 Å². The Morgan fingerprint density at radius 2 is 1.52 bits per heavy atom. The van der Waals surface area contributed by atoms with E-state index >= 15 is 0 Å². The van der Waals surface area contributed by atoms with E-state index in [0.29, 0.717) is 11.3 Å². The molecule has 0 fully saturated rings. The van der Waals surface area contributed by atoms with Gasteiger partial charge in [0.1, 0.15) is 5.69 Å². The average molecular weight is 439 g/mol. The molecule has 0 saturated heterocycles. The first-order valence-electron chi connectivity index (χ1n) is 10.8. The first kappa shape index (κ1) is 22.0. The summed E-state index contributed by atoms with van der Waals surface area (Å²) in [6, 6.07) is 23.3. The maximum Gasteiger partial charge on any atom is 0.255 e. The molecule has 0 bridgehead atoms. The third-order valence-corrected chi connectivity index (χ3v) is 5.46. The Bertz CT molecular complexity index is 1270. The van der Waals surface area contributed by atoms with E-state index < -0.39 is 0 Å². The molecule has 4 aromatic rings. The Morgan fingerprint density at radius 1 is 0.848 bits per heavy atom. The average Bonchev–Trinajstić information content (AvgIpc) is 3.27. The predicted octanol–water partition coefficient (Wildman–Crippen LogP) is 4.83. The smallest absolute Gasteiger partial charge is 0.255 e. The number of rotatable bonds is 6. The molecule has 0 unspecified atom stereocenters. The Morgan fingerprint density at radius 3 is 2.18 bits per heavy atom. The van der Waals surface area contributed by atoms with Crippen molar-refractivity contribution in [2.45, 2.75) is 20.8 Å². The van der Waals surface area contributed by atoms with Gasteiger partial charge in [0.2, 0.25) is 5.91 Å². The number of hydrogen-bond donors (Lipinski definition) is 2. The number of carbonyl (C=O) groups excluding carboxylic acids is 2. The summed E-state index contributed by atoms with van der Waals surface area (Å²) in [7, 11) is 0. The molecule has 0 radical (unpaired) electrons. The zero-order chi connectivity index (χ0) is 23.4. The van der Waals surface area contributed by atoms with Crippen molar-refractivity contribution in [2.24, 2.45) is 0 Å². The van der Waals surface area contributed by atoms with Gasteiger partial charge >= 0.3 is 0 Å². The second-order valence-electron chi connectivity index (χ2n) is 8.04. The molecule has 0 atom stereocenters. The van der Waals surface area contributed by atoms with Crippen molar-refractivity contribution in [1.29, 1.82) is 0 Å². The number of nitrogens with zero attached hydrogens (tertiary/aromatic N) is 2. The molecule has 0 aliphatic carbocycles. The minimum absolute atomic E-state index is 0.142. The van der Waals surface area contributed by atoms with Gasteiger partial charge in [-0.05, 0) is 44.0 Å². The number of para-hydroxylation sites is 1. The zero-order valence-electron chi connectivity index (χ0n) is 18.9. The summed E-state index contributed by atoms with van der Waals surface area (Å²) in [5, 5.41) is 10.3. The lowest BCUT2D eigenvalue weighted by Gasteiger charge is -2.12. The molecule has 1 aromatic heterocycles. The van der Waals surface area contributed by atoms with E-state index in [2.05, 4.69) is 15.7 Å². The lowest BCUT2D eigenvalue weighted by atomic mass is 10.1. The standard InChI is InChI=1S/C27H26N4O2/c1-18-12-14-22(15-13-18)31-17-23(26(30-31)21-10-5-4-6-11-21)27(33)28-16-24(32)29-25-19(2)8-7-9-20(25)3/h4-15,17H,16H2,1-3H3,(H,28,33)(H,29,32). The first-order chi connectivity index (χ1) is 15.9. The van der Waals surface area contributed by atoms with Gasteiger partial charge in [-0.15, -0.1) is 0 Å². The molecule has 0 aliphatic rings. The summed E-state index contributed by atoms with van der Waals surface area (Å²) < 4.78 is 1.69. The van der Waals surface area contributed by atoms with Gasteiger partial charge in [-0.25, -0.2) is 4.68 Å². The van der Waals surface area contributed by atoms with Crippen LogP contribution in [0.2, 0.25) is 0 Å². The molecule has 2 amide bonds. The van der Waals surface area contributed by atoms with Gasteiger partial charge in [0.25, 0.3) is 5.91 Å². The van der Waals surface area contributed by atoms with Crippen molar-refractivity contribution in [3.8, 4) is 16.9 Å². The van der Waals surface area contributed by atoms with E-state index in [0.717, 1.165) is 33.6 Å². The number of benzene rings is 3. The lowest BCUT2D eigenvalue weighted by molar-refractivity contribution is -0.115. The highest BCUT2D eigenvalue weighted by molar-refractivity contribution is 6.03. The number of aryl methyl sites for hydroxylation is 3. The first-order valence-corrected chi connectivity index (χ1v) is 10.8. The summed E-state index contributed by atoms with van der Waals surface area (Å²) in [6.07, 6.45) is 1.70. The summed E-state index contributed by atoms with van der Waals surface area (Å²) in [6.45, 7) is 5.75. The molecule has 1 heterocycles. The van der Waals surface area contributed by atoms with E-state index in [1.165, 1.54) is 0 Å². The zero-order valence-corrected chi connectivity index (χ0v) is 18.9. The van der Waals surface area contributed by atoms with Crippen molar-refractivity contribution < 1.29 is 9.59 Å². The second kappa shape index (κ2) is 9.53. The van der Waals surface area contributed by atoms with Crippen molar-refractivity contribution in [1.82, 2.24) is 15.1 Å². The number of nitrogens with one attached hydrogen (secondary N) is 2. The van der Waals surface area contributed by atoms with Crippen LogP contribution >= 0.6 is 0 Å². The topological polar surface area (TPSA) is 76.0 Å². The Balaban J connectivity index is 1.56. The van der Waals surface area contributed by atoms with E-state index in [-0.39, 0.29) is 18.4 Å². The monoisotopic (exact) mass is 438 g/mol. The van der Waals surface area contributed by atoms with Crippen molar-refractivity contribution in [2.75, 3.05) is 11.9 Å². The molecule has 0 spiro atoms. The maximum absolute atomic E-state index is 13.1. The number of amides is 2. The summed E-state index contributed by atoms with van der Waals surface area (Å²) >= 11 is 0. The van der Waals surface area contributed by atoms with Crippen LogP contribution in [0, 0.1) is 20.8 Å². The molecule has 0 saturated carbocycles. The van der Waals surface area contributed by atoms with E-state index in [9.17, 15) is 9.59 Å². The SMILES string of the molecule is Cc1ccc(-n2cc(C(=O)NCC(=O)Nc3c(C)cccc3C)c(-c3ccccc3)n2)cc1. The van der Waals surface area contributed by atoms with Gasteiger partial charge in [-0.1, -0.05) is 66.2 Å². The minimum atomic E-state index is -0.358. The fourth-order valence-electron chi connectivity index (χ4n) is 3.63. The third kappa shape index (κ3) is 5.01. The highest BCUT2D eigenvalue weighted by Gasteiger charge is 2.19. The summed E-state index contributed by atoms with van der Waals surface area (Å²) in [5.74, 6) is -0.642. The van der Waals surface area contributed by atoms with Crippen LogP contribution in [0.1, 0.15) is 27.0 Å². The van der Waals surface area contributed by atoms with Crippen molar-refractivity contribution in [3.05, 3.63) is 101 Å². The predicted molar refractivity (Wildman–Crippen MR) is 131 cm³/mol. The quantitative estimate of drug-likeness (QED) is 0.453. The second-order valence-corrected chi connectivity index (χ2v) is 8.04. The Labute approximate surface area is 193 Å². The van der Waals surface area contributed by atoms with Gasteiger partial charge in [-0.3, -0.25) is 9.59 Å². The molecule has 6 nitrogen and oxygen atoms in total. The van der Waals surface area contributed by atoms with Gasteiger partial charge in [-0.2, -0.15) is 5.10 Å². The summed E-state index contributed by atoms with van der Waals surface area (Å²) in [5.41, 5.74) is 6.50. The molecule has 4 rings (SSSR count). The molecule has 3 aromatic carbocycles. The molecule has 166 valence electrons. The van der Waals surface area contributed by atoms with Gasteiger partial charge < -0.3 is 10.6 Å².